The highest BCUT2D eigenvalue weighted by Gasteiger charge is 2.23. The largest absolute Gasteiger partial charge is 0.325 e. The van der Waals surface area contributed by atoms with Crippen LogP contribution in [0.3, 0.4) is 0 Å². The van der Waals surface area contributed by atoms with E-state index in [1.165, 1.54) is 18.7 Å². The van der Waals surface area contributed by atoms with Crippen molar-refractivity contribution < 1.29 is 9.59 Å². The SMILES string of the molecule is CC(=O)c1cccc(NC(=O)[C@@H](Sc2cn[nH]n2)c2ccccc2)c1. The highest BCUT2D eigenvalue weighted by atomic mass is 32.2. The summed E-state index contributed by atoms with van der Waals surface area (Å²) < 4.78 is 0. The molecule has 0 spiro atoms. The summed E-state index contributed by atoms with van der Waals surface area (Å²) in [7, 11) is 0. The van der Waals surface area contributed by atoms with Gasteiger partial charge >= 0.3 is 0 Å². The normalized spacial score (nSPS) is 11.7. The van der Waals surface area contributed by atoms with Gasteiger partial charge in [-0.15, -0.1) is 5.10 Å². The second-order valence-corrected chi connectivity index (χ2v) is 6.47. The topological polar surface area (TPSA) is 87.7 Å². The number of carbonyl (C=O) groups is 2. The molecule has 0 unspecified atom stereocenters. The molecule has 3 aromatic rings. The van der Waals surface area contributed by atoms with Gasteiger partial charge in [0.15, 0.2) is 5.78 Å². The van der Waals surface area contributed by atoms with Crippen molar-refractivity contribution in [2.45, 2.75) is 17.2 Å². The van der Waals surface area contributed by atoms with E-state index in [0.29, 0.717) is 16.3 Å². The number of Topliss-reactive ketones (excluding diaryl/α,β-unsaturated/α-hetero) is 1. The molecule has 0 aliphatic heterocycles. The smallest absolute Gasteiger partial charge is 0.242 e. The van der Waals surface area contributed by atoms with Crippen molar-refractivity contribution in [2.24, 2.45) is 0 Å². The second-order valence-electron chi connectivity index (χ2n) is 5.34. The average molecular weight is 352 g/mol. The Morgan fingerprint density at radius 3 is 2.60 bits per heavy atom. The van der Waals surface area contributed by atoms with Crippen molar-refractivity contribution in [1.29, 1.82) is 0 Å². The number of thioether (sulfide) groups is 1. The van der Waals surface area contributed by atoms with Crippen molar-refractivity contribution in [1.82, 2.24) is 15.4 Å². The number of aromatic amines is 1. The Labute approximate surface area is 149 Å². The Morgan fingerprint density at radius 2 is 1.92 bits per heavy atom. The molecule has 126 valence electrons. The van der Waals surface area contributed by atoms with Crippen LogP contribution in [0.2, 0.25) is 0 Å². The van der Waals surface area contributed by atoms with Crippen LogP contribution in [0.4, 0.5) is 5.69 Å². The van der Waals surface area contributed by atoms with Crippen LogP contribution >= 0.6 is 11.8 Å². The van der Waals surface area contributed by atoms with Gasteiger partial charge in [-0.2, -0.15) is 10.3 Å². The predicted molar refractivity (Wildman–Crippen MR) is 96.5 cm³/mol. The molecule has 0 saturated carbocycles. The third-order valence-electron chi connectivity index (χ3n) is 3.51. The van der Waals surface area contributed by atoms with E-state index in [-0.39, 0.29) is 11.7 Å². The van der Waals surface area contributed by atoms with Gasteiger partial charge in [0.05, 0.1) is 6.20 Å². The summed E-state index contributed by atoms with van der Waals surface area (Å²) in [6, 6.07) is 16.3. The van der Waals surface area contributed by atoms with E-state index in [2.05, 4.69) is 20.7 Å². The lowest BCUT2D eigenvalue weighted by atomic mass is 10.1. The fourth-order valence-corrected chi connectivity index (χ4v) is 3.20. The molecule has 2 N–H and O–H groups in total. The van der Waals surface area contributed by atoms with Gasteiger partial charge in [-0.1, -0.05) is 54.2 Å². The molecule has 1 amide bonds. The monoisotopic (exact) mass is 352 g/mol. The molecule has 0 radical (unpaired) electrons. The van der Waals surface area contributed by atoms with Gasteiger partial charge < -0.3 is 5.32 Å². The Morgan fingerprint density at radius 1 is 1.12 bits per heavy atom. The number of H-pyrrole nitrogens is 1. The van der Waals surface area contributed by atoms with E-state index < -0.39 is 5.25 Å². The number of aromatic nitrogens is 3. The van der Waals surface area contributed by atoms with Crippen LogP contribution in [0.25, 0.3) is 0 Å². The maximum atomic E-state index is 12.8. The number of nitrogens with one attached hydrogen (secondary N) is 2. The van der Waals surface area contributed by atoms with Crippen molar-refractivity contribution >= 4 is 29.1 Å². The van der Waals surface area contributed by atoms with Crippen molar-refractivity contribution in [3.8, 4) is 0 Å². The minimum absolute atomic E-state index is 0.0484. The maximum Gasteiger partial charge on any atom is 0.242 e. The summed E-state index contributed by atoms with van der Waals surface area (Å²) in [6.45, 7) is 1.49. The zero-order valence-electron chi connectivity index (χ0n) is 13.5. The fraction of sp³-hybridized carbons (Fsp3) is 0.111. The van der Waals surface area contributed by atoms with E-state index in [4.69, 9.17) is 0 Å². The molecule has 0 fully saturated rings. The van der Waals surface area contributed by atoms with Gasteiger partial charge in [-0.25, -0.2) is 0 Å². The Hall–Kier alpha value is -2.93. The zero-order valence-corrected chi connectivity index (χ0v) is 14.3. The molecule has 0 aliphatic rings. The third kappa shape index (κ3) is 4.33. The lowest BCUT2D eigenvalue weighted by Crippen LogP contribution is -2.19. The van der Waals surface area contributed by atoms with E-state index in [9.17, 15) is 9.59 Å². The molecular formula is C18H16N4O2S. The van der Waals surface area contributed by atoms with Crippen molar-refractivity contribution in [3.05, 3.63) is 71.9 Å². The van der Waals surface area contributed by atoms with Crippen LogP contribution in [-0.4, -0.2) is 27.1 Å². The molecule has 2 aromatic carbocycles. The average Bonchev–Trinajstić information content (AvgIpc) is 3.14. The number of hydrogen-bond donors (Lipinski definition) is 2. The van der Waals surface area contributed by atoms with Crippen LogP contribution in [0.5, 0.6) is 0 Å². The number of anilines is 1. The number of ketones is 1. The van der Waals surface area contributed by atoms with Gasteiger partial charge in [0.2, 0.25) is 5.91 Å². The Bertz CT molecular complexity index is 866. The first-order valence-corrected chi connectivity index (χ1v) is 8.50. The number of rotatable bonds is 6. The summed E-state index contributed by atoms with van der Waals surface area (Å²) in [5.74, 6) is -0.243. The molecule has 1 heterocycles. The Kier molecular flexibility index (Phi) is 5.25. The minimum atomic E-state index is -0.493. The quantitative estimate of drug-likeness (QED) is 0.524. The molecular weight excluding hydrogens is 336 g/mol. The molecule has 1 aromatic heterocycles. The molecule has 7 heteroatoms. The van der Waals surface area contributed by atoms with Gasteiger partial charge in [0.25, 0.3) is 0 Å². The van der Waals surface area contributed by atoms with Crippen LogP contribution in [0.1, 0.15) is 28.1 Å². The summed E-state index contributed by atoms with van der Waals surface area (Å²) >= 11 is 1.30. The van der Waals surface area contributed by atoms with Crippen LogP contribution in [0, 0.1) is 0 Å². The standard InChI is InChI=1S/C18H16N4O2S/c1-12(23)14-8-5-9-15(10-14)20-18(24)17(13-6-3-2-4-7-13)25-16-11-19-22-21-16/h2-11,17H,1H3,(H,20,24)(H,19,21,22)/t17-/m0/s1. The van der Waals surface area contributed by atoms with Crippen LogP contribution in [0.15, 0.2) is 65.8 Å². The third-order valence-corrected chi connectivity index (χ3v) is 4.67. The number of hydrogen-bond acceptors (Lipinski definition) is 5. The molecule has 0 bridgehead atoms. The summed E-state index contributed by atoms with van der Waals surface area (Å²) in [5.41, 5.74) is 1.99. The predicted octanol–water partition coefficient (Wildman–Crippen LogP) is 3.48. The minimum Gasteiger partial charge on any atom is -0.325 e. The number of benzene rings is 2. The first-order valence-electron chi connectivity index (χ1n) is 7.63. The van der Waals surface area contributed by atoms with E-state index in [0.717, 1.165) is 5.56 Å². The molecule has 25 heavy (non-hydrogen) atoms. The number of nitrogens with zero attached hydrogens (tertiary/aromatic N) is 2. The van der Waals surface area contributed by atoms with Crippen LogP contribution < -0.4 is 5.32 Å². The van der Waals surface area contributed by atoms with Gasteiger partial charge in [-0.05, 0) is 24.6 Å². The van der Waals surface area contributed by atoms with E-state index in [1.54, 1.807) is 30.5 Å². The number of amides is 1. The highest BCUT2D eigenvalue weighted by molar-refractivity contribution is 8.00. The van der Waals surface area contributed by atoms with E-state index >= 15 is 0 Å². The Balaban J connectivity index is 1.84. The summed E-state index contributed by atoms with van der Waals surface area (Å²) in [6.07, 6.45) is 1.57. The lowest BCUT2D eigenvalue weighted by molar-refractivity contribution is -0.115. The lowest BCUT2D eigenvalue weighted by Gasteiger charge is -2.16. The van der Waals surface area contributed by atoms with Gasteiger partial charge in [0, 0.05) is 11.3 Å². The molecule has 0 aliphatic carbocycles. The summed E-state index contributed by atoms with van der Waals surface area (Å²) in [4.78, 5) is 24.4. The number of carbonyl (C=O) groups excluding carboxylic acids is 2. The fourth-order valence-electron chi connectivity index (χ4n) is 2.29. The van der Waals surface area contributed by atoms with E-state index in [1.807, 2.05) is 30.3 Å². The molecule has 6 nitrogen and oxygen atoms in total. The molecule has 3 rings (SSSR count). The van der Waals surface area contributed by atoms with Gasteiger partial charge in [-0.3, -0.25) is 9.59 Å². The summed E-state index contributed by atoms with van der Waals surface area (Å²) in [5, 5.41) is 13.3. The first-order chi connectivity index (χ1) is 12.1. The molecule has 1 atom stereocenters. The maximum absolute atomic E-state index is 12.8. The zero-order chi connectivity index (χ0) is 17.6. The first kappa shape index (κ1) is 16.9. The highest BCUT2D eigenvalue weighted by Crippen LogP contribution is 2.34. The van der Waals surface area contributed by atoms with Crippen molar-refractivity contribution in [2.75, 3.05) is 5.32 Å². The second kappa shape index (κ2) is 7.76. The van der Waals surface area contributed by atoms with Crippen molar-refractivity contribution in [3.63, 3.8) is 0 Å². The van der Waals surface area contributed by atoms with Gasteiger partial charge in [0.1, 0.15) is 10.3 Å². The molecule has 0 saturated heterocycles. The van der Waals surface area contributed by atoms with Crippen LogP contribution in [-0.2, 0) is 4.79 Å².